The molecule has 0 bridgehead atoms. The lowest BCUT2D eigenvalue weighted by Gasteiger charge is -2.18. The third-order valence-electron chi connectivity index (χ3n) is 4.81. The van der Waals surface area contributed by atoms with Gasteiger partial charge < -0.3 is 10.1 Å². The molecule has 0 aliphatic heterocycles. The van der Waals surface area contributed by atoms with Crippen molar-refractivity contribution in [2.75, 3.05) is 11.9 Å². The van der Waals surface area contributed by atoms with Gasteiger partial charge in [0.15, 0.2) is 5.11 Å². The monoisotopic (exact) mass is 454 g/mol. The van der Waals surface area contributed by atoms with Crippen molar-refractivity contribution in [1.29, 1.82) is 0 Å². The molecule has 0 saturated carbocycles. The zero-order chi connectivity index (χ0) is 21.3. The Labute approximate surface area is 183 Å². The number of aromatic nitrogens is 2. The van der Waals surface area contributed by atoms with Gasteiger partial charge in [-0.25, -0.2) is 4.79 Å². The summed E-state index contributed by atoms with van der Waals surface area (Å²) in [5, 5.41) is 10.7. The van der Waals surface area contributed by atoms with E-state index in [9.17, 15) is 9.59 Å². The van der Waals surface area contributed by atoms with Gasteiger partial charge in [0.1, 0.15) is 10.7 Å². The van der Waals surface area contributed by atoms with E-state index < -0.39 is 5.91 Å². The van der Waals surface area contributed by atoms with E-state index in [1.807, 2.05) is 0 Å². The zero-order valence-corrected chi connectivity index (χ0v) is 19.1. The number of nitrogens with one attached hydrogen (secondary N) is 2. The van der Waals surface area contributed by atoms with Gasteiger partial charge in [0, 0.05) is 11.9 Å². The van der Waals surface area contributed by atoms with Crippen LogP contribution in [-0.2, 0) is 24.6 Å². The number of esters is 1. The van der Waals surface area contributed by atoms with Crippen LogP contribution in [-0.4, -0.2) is 33.4 Å². The van der Waals surface area contributed by atoms with Gasteiger partial charge in [-0.15, -0.1) is 11.3 Å². The fourth-order valence-corrected chi connectivity index (χ4v) is 5.34. The summed E-state index contributed by atoms with van der Waals surface area (Å²) in [6.07, 6.45) is 2.76. The van der Waals surface area contributed by atoms with Crippen LogP contribution in [0.2, 0.25) is 5.02 Å². The number of thiophene rings is 1. The zero-order valence-electron chi connectivity index (χ0n) is 16.7. The lowest BCUT2D eigenvalue weighted by molar-refractivity contribution is 0.0526. The second-order valence-corrected chi connectivity index (χ2v) is 8.95. The van der Waals surface area contributed by atoms with Crippen molar-refractivity contribution in [2.45, 2.75) is 40.0 Å². The molecule has 29 heavy (non-hydrogen) atoms. The Morgan fingerprint density at radius 2 is 2.17 bits per heavy atom. The SMILES string of the molecule is CCOC(=O)c1c(NC(=S)NC(=O)c2c(Cl)c(C)nn2C)sc2c1CCC(C)C2. The molecule has 10 heteroatoms. The summed E-state index contributed by atoms with van der Waals surface area (Å²) in [5.41, 5.74) is 2.32. The van der Waals surface area contributed by atoms with Crippen LogP contribution in [0.5, 0.6) is 0 Å². The van der Waals surface area contributed by atoms with E-state index >= 15 is 0 Å². The number of carbonyl (C=O) groups excluding carboxylic acids is 2. The van der Waals surface area contributed by atoms with Crippen molar-refractivity contribution in [3.63, 3.8) is 0 Å². The molecule has 2 aromatic heterocycles. The molecule has 156 valence electrons. The van der Waals surface area contributed by atoms with E-state index in [0.717, 1.165) is 29.7 Å². The molecule has 1 aliphatic rings. The summed E-state index contributed by atoms with van der Waals surface area (Å²) < 4.78 is 6.66. The van der Waals surface area contributed by atoms with Crippen LogP contribution in [0.25, 0.3) is 0 Å². The van der Waals surface area contributed by atoms with Crippen LogP contribution in [0.3, 0.4) is 0 Å². The number of anilines is 1. The van der Waals surface area contributed by atoms with Crippen molar-refractivity contribution in [3.8, 4) is 0 Å². The number of rotatable bonds is 4. The molecule has 1 atom stereocenters. The van der Waals surface area contributed by atoms with Crippen molar-refractivity contribution >= 4 is 57.1 Å². The molecule has 1 aliphatic carbocycles. The number of hydrogen-bond donors (Lipinski definition) is 2. The van der Waals surface area contributed by atoms with E-state index in [4.69, 9.17) is 28.6 Å². The van der Waals surface area contributed by atoms with Gasteiger partial charge in [0.05, 0.1) is 22.9 Å². The topological polar surface area (TPSA) is 85.2 Å². The summed E-state index contributed by atoms with van der Waals surface area (Å²) in [5.74, 6) is -0.282. The molecule has 2 N–H and O–H groups in total. The Bertz CT molecular complexity index is 983. The third kappa shape index (κ3) is 4.46. The maximum atomic E-state index is 12.6. The number of halogens is 1. The molecular formula is C19H23ClN4O3S2. The van der Waals surface area contributed by atoms with Crippen molar-refractivity contribution in [3.05, 3.63) is 32.4 Å². The lowest BCUT2D eigenvalue weighted by Crippen LogP contribution is -2.35. The van der Waals surface area contributed by atoms with Gasteiger partial charge in [0.2, 0.25) is 0 Å². The van der Waals surface area contributed by atoms with E-state index in [-0.39, 0.29) is 21.8 Å². The highest BCUT2D eigenvalue weighted by Gasteiger charge is 2.29. The predicted molar refractivity (Wildman–Crippen MR) is 118 cm³/mol. The molecule has 1 amide bonds. The van der Waals surface area contributed by atoms with Gasteiger partial charge in [-0.2, -0.15) is 5.10 Å². The van der Waals surface area contributed by atoms with Crippen LogP contribution >= 0.6 is 35.2 Å². The lowest BCUT2D eigenvalue weighted by atomic mass is 9.88. The van der Waals surface area contributed by atoms with Crippen LogP contribution in [0.15, 0.2) is 0 Å². The standard InChI is InChI=1S/C19H23ClN4O3S2/c1-5-27-18(26)13-11-7-6-9(2)8-12(11)29-17(13)22-19(28)21-16(25)15-14(20)10(3)23-24(15)4/h9H,5-8H2,1-4H3,(H2,21,22,25,28). The first kappa shape index (κ1) is 21.7. The quantitative estimate of drug-likeness (QED) is 0.538. The Balaban J connectivity index is 1.82. The van der Waals surface area contributed by atoms with Gasteiger partial charge in [-0.05, 0) is 56.8 Å². The molecular weight excluding hydrogens is 432 g/mol. The Kier molecular flexibility index (Phi) is 6.60. The molecule has 2 heterocycles. The minimum absolute atomic E-state index is 0.0853. The van der Waals surface area contributed by atoms with Gasteiger partial charge in [-0.3, -0.25) is 14.8 Å². The second kappa shape index (κ2) is 8.81. The summed E-state index contributed by atoms with van der Waals surface area (Å²) in [4.78, 5) is 26.3. The fourth-order valence-electron chi connectivity index (χ4n) is 3.43. The van der Waals surface area contributed by atoms with Crippen LogP contribution in [0, 0.1) is 12.8 Å². The van der Waals surface area contributed by atoms with Crippen LogP contribution in [0.4, 0.5) is 5.00 Å². The maximum Gasteiger partial charge on any atom is 0.341 e. The van der Waals surface area contributed by atoms with Crippen LogP contribution < -0.4 is 10.6 Å². The summed E-state index contributed by atoms with van der Waals surface area (Å²) in [6, 6.07) is 0. The molecule has 0 radical (unpaired) electrons. The average Bonchev–Trinajstić information content (AvgIpc) is 3.10. The Hall–Kier alpha value is -1.97. The summed E-state index contributed by atoms with van der Waals surface area (Å²) >= 11 is 13.0. The number of thiocarbonyl (C=S) groups is 1. The van der Waals surface area contributed by atoms with Gasteiger partial charge in [0.25, 0.3) is 5.91 Å². The number of carbonyl (C=O) groups is 2. The van der Waals surface area contributed by atoms with Gasteiger partial charge >= 0.3 is 5.97 Å². The van der Waals surface area contributed by atoms with E-state index in [1.165, 1.54) is 16.0 Å². The number of hydrogen-bond acceptors (Lipinski definition) is 6. The molecule has 7 nitrogen and oxygen atoms in total. The third-order valence-corrected chi connectivity index (χ3v) is 6.64. The van der Waals surface area contributed by atoms with E-state index in [0.29, 0.717) is 28.8 Å². The highest BCUT2D eigenvalue weighted by atomic mass is 35.5. The first-order valence-electron chi connectivity index (χ1n) is 9.35. The second-order valence-electron chi connectivity index (χ2n) is 7.06. The molecule has 3 rings (SSSR count). The normalized spacial score (nSPS) is 15.6. The van der Waals surface area contributed by atoms with Crippen molar-refractivity contribution in [1.82, 2.24) is 15.1 Å². The van der Waals surface area contributed by atoms with Crippen molar-refractivity contribution in [2.24, 2.45) is 13.0 Å². The molecule has 0 fully saturated rings. The Morgan fingerprint density at radius 1 is 1.45 bits per heavy atom. The molecule has 0 spiro atoms. The largest absolute Gasteiger partial charge is 0.462 e. The van der Waals surface area contributed by atoms with E-state index in [2.05, 4.69) is 22.7 Å². The smallest absolute Gasteiger partial charge is 0.341 e. The fraction of sp³-hybridized carbons (Fsp3) is 0.474. The Morgan fingerprint density at radius 3 is 2.79 bits per heavy atom. The molecule has 0 saturated heterocycles. The number of fused-ring (bicyclic) bond motifs is 1. The highest BCUT2D eigenvalue weighted by Crippen LogP contribution is 2.40. The maximum absolute atomic E-state index is 12.6. The van der Waals surface area contributed by atoms with Crippen LogP contribution in [0.1, 0.15) is 57.2 Å². The minimum atomic E-state index is -0.469. The molecule has 1 unspecified atom stereocenters. The van der Waals surface area contributed by atoms with Gasteiger partial charge in [-0.1, -0.05) is 18.5 Å². The summed E-state index contributed by atoms with van der Waals surface area (Å²) in [6.45, 7) is 5.98. The molecule has 0 aromatic carbocycles. The van der Waals surface area contributed by atoms with Crippen molar-refractivity contribution < 1.29 is 14.3 Å². The highest BCUT2D eigenvalue weighted by molar-refractivity contribution is 7.80. The first-order valence-corrected chi connectivity index (χ1v) is 11.0. The number of ether oxygens (including phenoxy) is 1. The molecule has 2 aromatic rings. The minimum Gasteiger partial charge on any atom is -0.462 e. The van der Waals surface area contributed by atoms with E-state index in [1.54, 1.807) is 20.9 Å². The number of nitrogens with zero attached hydrogens (tertiary/aromatic N) is 2. The summed E-state index contributed by atoms with van der Waals surface area (Å²) in [7, 11) is 1.64. The first-order chi connectivity index (χ1) is 13.7. The number of aryl methyl sites for hydroxylation is 2. The average molecular weight is 455 g/mol. The number of amides is 1. The predicted octanol–water partition coefficient (Wildman–Crippen LogP) is 3.87.